The van der Waals surface area contributed by atoms with Gasteiger partial charge in [0.25, 0.3) is 0 Å². The molecule has 0 spiro atoms. The summed E-state index contributed by atoms with van der Waals surface area (Å²) in [5, 5.41) is 12.1. The van der Waals surface area contributed by atoms with Gasteiger partial charge in [-0.05, 0) is 23.9 Å². The van der Waals surface area contributed by atoms with Crippen molar-refractivity contribution in [1.29, 1.82) is 0 Å². The number of thiophene rings is 1. The number of rotatable bonds is 2. The zero-order chi connectivity index (χ0) is 10.1. The molecule has 2 heterocycles. The summed E-state index contributed by atoms with van der Waals surface area (Å²) in [5.74, 6) is 0. The molecule has 0 aliphatic carbocycles. The molecule has 0 saturated carbocycles. The minimum atomic E-state index is -0.553. The van der Waals surface area contributed by atoms with Crippen molar-refractivity contribution in [2.45, 2.75) is 13.0 Å². The summed E-state index contributed by atoms with van der Waals surface area (Å²) in [7, 11) is 1.88. The highest BCUT2D eigenvalue weighted by molar-refractivity contribution is 7.10. The fourth-order valence-electron chi connectivity index (χ4n) is 1.43. The van der Waals surface area contributed by atoms with E-state index in [2.05, 4.69) is 4.98 Å². The zero-order valence-electron chi connectivity index (χ0n) is 8.14. The van der Waals surface area contributed by atoms with Gasteiger partial charge < -0.3 is 9.67 Å². The number of aliphatic hydroxyl groups is 1. The highest BCUT2D eigenvalue weighted by Crippen LogP contribution is 2.28. The topological polar surface area (TPSA) is 38.1 Å². The van der Waals surface area contributed by atoms with Gasteiger partial charge in [-0.3, -0.25) is 0 Å². The van der Waals surface area contributed by atoms with Crippen molar-refractivity contribution >= 4 is 11.3 Å². The Morgan fingerprint density at radius 1 is 1.57 bits per heavy atom. The Morgan fingerprint density at radius 3 is 2.86 bits per heavy atom. The zero-order valence-corrected chi connectivity index (χ0v) is 8.95. The van der Waals surface area contributed by atoms with Gasteiger partial charge in [-0.2, -0.15) is 0 Å². The van der Waals surface area contributed by atoms with Crippen molar-refractivity contribution in [3.8, 4) is 0 Å². The van der Waals surface area contributed by atoms with Crippen molar-refractivity contribution in [2.24, 2.45) is 7.05 Å². The molecule has 0 fully saturated rings. The third-order valence-corrected chi connectivity index (χ3v) is 3.36. The normalized spacial score (nSPS) is 13.1. The molecule has 2 aromatic rings. The van der Waals surface area contributed by atoms with Crippen LogP contribution in [0.1, 0.15) is 22.2 Å². The second-order valence-electron chi connectivity index (χ2n) is 3.30. The third-order valence-electron chi connectivity index (χ3n) is 2.28. The molecule has 4 heteroatoms. The fraction of sp³-hybridized carbons (Fsp3) is 0.300. The Kier molecular flexibility index (Phi) is 2.39. The second-order valence-corrected chi connectivity index (χ2v) is 4.25. The minimum absolute atomic E-state index is 0.553. The highest BCUT2D eigenvalue weighted by atomic mass is 32.1. The van der Waals surface area contributed by atoms with Crippen LogP contribution in [0.25, 0.3) is 0 Å². The summed E-state index contributed by atoms with van der Waals surface area (Å²) in [6.45, 7) is 2.01. The van der Waals surface area contributed by atoms with Gasteiger partial charge in [0.1, 0.15) is 6.10 Å². The largest absolute Gasteiger partial charge is 0.381 e. The number of aromatic nitrogens is 2. The first-order valence-electron chi connectivity index (χ1n) is 4.38. The van der Waals surface area contributed by atoms with E-state index in [0.29, 0.717) is 0 Å². The predicted molar refractivity (Wildman–Crippen MR) is 56.3 cm³/mol. The molecule has 0 aromatic carbocycles. The van der Waals surface area contributed by atoms with Gasteiger partial charge in [-0.1, -0.05) is 0 Å². The lowest BCUT2D eigenvalue weighted by Gasteiger charge is -2.10. The van der Waals surface area contributed by atoms with Crippen LogP contribution in [0.5, 0.6) is 0 Å². The first-order chi connectivity index (χ1) is 6.70. The van der Waals surface area contributed by atoms with E-state index in [0.717, 1.165) is 16.1 Å². The fourth-order valence-corrected chi connectivity index (χ4v) is 2.35. The first kappa shape index (κ1) is 9.43. The van der Waals surface area contributed by atoms with E-state index in [9.17, 15) is 5.11 Å². The number of imidazole rings is 1. The molecule has 0 aliphatic rings. The Bertz CT molecular complexity index is 393. The second kappa shape index (κ2) is 3.55. The molecule has 1 unspecified atom stereocenters. The van der Waals surface area contributed by atoms with E-state index in [1.165, 1.54) is 0 Å². The number of aliphatic hydroxyl groups excluding tert-OH is 1. The summed E-state index contributed by atoms with van der Waals surface area (Å²) in [5.41, 5.74) is 1.96. The standard InChI is InChI=1S/C10H12N2OS/c1-7-3-4-14-10(7)9(13)8-5-11-6-12(8)2/h3-6,9,13H,1-2H3. The Labute approximate surface area is 86.7 Å². The third kappa shape index (κ3) is 1.47. The van der Waals surface area contributed by atoms with E-state index >= 15 is 0 Å². The molecule has 0 bridgehead atoms. The highest BCUT2D eigenvalue weighted by Gasteiger charge is 2.16. The van der Waals surface area contributed by atoms with Crippen LogP contribution in [0, 0.1) is 6.92 Å². The Morgan fingerprint density at radius 2 is 2.36 bits per heavy atom. The van der Waals surface area contributed by atoms with E-state index in [4.69, 9.17) is 0 Å². The molecule has 74 valence electrons. The van der Waals surface area contributed by atoms with Gasteiger partial charge in [-0.25, -0.2) is 4.98 Å². The molecular weight excluding hydrogens is 196 g/mol. The lowest BCUT2D eigenvalue weighted by molar-refractivity contribution is 0.214. The monoisotopic (exact) mass is 208 g/mol. The molecule has 3 nitrogen and oxygen atoms in total. The van der Waals surface area contributed by atoms with Crippen molar-refractivity contribution in [3.05, 3.63) is 40.1 Å². The summed E-state index contributed by atoms with van der Waals surface area (Å²) in [6, 6.07) is 2.01. The number of nitrogens with zero attached hydrogens (tertiary/aromatic N) is 2. The van der Waals surface area contributed by atoms with Crippen LogP contribution < -0.4 is 0 Å². The van der Waals surface area contributed by atoms with Crippen molar-refractivity contribution in [2.75, 3.05) is 0 Å². The summed E-state index contributed by atoms with van der Waals surface area (Å²) >= 11 is 1.57. The molecule has 0 amide bonds. The average molecular weight is 208 g/mol. The lowest BCUT2D eigenvalue weighted by atomic mass is 10.1. The summed E-state index contributed by atoms with van der Waals surface area (Å²) in [6.07, 6.45) is 2.84. The number of hydrogen-bond acceptors (Lipinski definition) is 3. The van der Waals surface area contributed by atoms with Crippen LogP contribution in [0.2, 0.25) is 0 Å². The maximum Gasteiger partial charge on any atom is 0.130 e. The maximum absolute atomic E-state index is 10.1. The predicted octanol–water partition coefficient (Wildman–Crippen LogP) is 1.87. The first-order valence-corrected chi connectivity index (χ1v) is 5.26. The van der Waals surface area contributed by atoms with Crippen LogP contribution in [-0.4, -0.2) is 14.7 Å². The average Bonchev–Trinajstić information content (AvgIpc) is 2.73. The quantitative estimate of drug-likeness (QED) is 0.818. The van der Waals surface area contributed by atoms with Crippen LogP contribution in [0.3, 0.4) is 0 Å². The van der Waals surface area contributed by atoms with Gasteiger partial charge in [0.05, 0.1) is 18.2 Å². The SMILES string of the molecule is Cc1ccsc1C(O)c1cncn1C. The summed E-state index contributed by atoms with van der Waals surface area (Å²) < 4.78 is 1.84. The van der Waals surface area contributed by atoms with Gasteiger partial charge in [0.2, 0.25) is 0 Å². The van der Waals surface area contributed by atoms with Crippen LogP contribution in [0.15, 0.2) is 24.0 Å². The smallest absolute Gasteiger partial charge is 0.130 e. The molecule has 14 heavy (non-hydrogen) atoms. The minimum Gasteiger partial charge on any atom is -0.381 e. The van der Waals surface area contributed by atoms with E-state index in [1.807, 2.05) is 30.0 Å². The molecule has 0 radical (unpaired) electrons. The van der Waals surface area contributed by atoms with E-state index in [1.54, 1.807) is 23.9 Å². The summed E-state index contributed by atoms with van der Waals surface area (Å²) in [4.78, 5) is 4.98. The van der Waals surface area contributed by atoms with Gasteiger partial charge in [0.15, 0.2) is 0 Å². The lowest BCUT2D eigenvalue weighted by Crippen LogP contribution is -2.04. The van der Waals surface area contributed by atoms with Crippen LogP contribution in [0.4, 0.5) is 0 Å². The van der Waals surface area contributed by atoms with Crippen LogP contribution >= 0.6 is 11.3 Å². The number of hydrogen-bond donors (Lipinski definition) is 1. The number of aryl methyl sites for hydroxylation is 2. The molecule has 1 N–H and O–H groups in total. The molecular formula is C10H12N2OS. The molecule has 1 atom stereocenters. The van der Waals surface area contributed by atoms with Gasteiger partial charge >= 0.3 is 0 Å². The van der Waals surface area contributed by atoms with Gasteiger partial charge in [0, 0.05) is 11.9 Å². The van der Waals surface area contributed by atoms with Gasteiger partial charge in [-0.15, -0.1) is 11.3 Å². The Hall–Kier alpha value is -1.13. The Balaban J connectivity index is 2.38. The molecule has 2 aromatic heterocycles. The van der Waals surface area contributed by atoms with Crippen LogP contribution in [-0.2, 0) is 7.05 Å². The van der Waals surface area contributed by atoms with Crippen molar-refractivity contribution in [3.63, 3.8) is 0 Å². The molecule has 0 aliphatic heterocycles. The van der Waals surface area contributed by atoms with Crippen molar-refractivity contribution in [1.82, 2.24) is 9.55 Å². The van der Waals surface area contributed by atoms with E-state index < -0.39 is 6.10 Å². The molecule has 2 rings (SSSR count). The molecule has 0 saturated heterocycles. The maximum atomic E-state index is 10.1. The van der Waals surface area contributed by atoms with E-state index in [-0.39, 0.29) is 0 Å². The van der Waals surface area contributed by atoms with Crippen molar-refractivity contribution < 1.29 is 5.11 Å².